The summed E-state index contributed by atoms with van der Waals surface area (Å²) in [6.07, 6.45) is 0.296. The van der Waals surface area contributed by atoms with Gasteiger partial charge in [0.05, 0.1) is 6.10 Å². The van der Waals surface area contributed by atoms with E-state index >= 15 is 0 Å². The summed E-state index contributed by atoms with van der Waals surface area (Å²) in [5.41, 5.74) is 0. The largest absolute Gasteiger partial charge is 0.359 e. The van der Waals surface area contributed by atoms with Crippen LogP contribution < -0.4 is 0 Å². The Morgan fingerprint density at radius 1 is 1.22 bits per heavy atom. The van der Waals surface area contributed by atoms with Crippen LogP contribution in [0.2, 0.25) is 0 Å². The van der Waals surface area contributed by atoms with Crippen LogP contribution >= 0.6 is 0 Å². The lowest BCUT2D eigenvalue weighted by Gasteiger charge is -2.14. The molecule has 2 heteroatoms. The first kappa shape index (κ1) is 8.92. The third kappa shape index (κ3) is 4.43. The van der Waals surface area contributed by atoms with Crippen molar-refractivity contribution in [2.75, 3.05) is 13.9 Å². The van der Waals surface area contributed by atoms with Crippen molar-refractivity contribution in [2.24, 2.45) is 5.92 Å². The van der Waals surface area contributed by atoms with E-state index in [2.05, 4.69) is 13.8 Å². The molecule has 0 saturated carbocycles. The molecule has 0 aromatic rings. The second-order valence-corrected chi connectivity index (χ2v) is 2.52. The first-order valence-corrected chi connectivity index (χ1v) is 3.29. The van der Waals surface area contributed by atoms with Gasteiger partial charge in [-0.25, -0.2) is 0 Å². The van der Waals surface area contributed by atoms with Crippen LogP contribution in [0.25, 0.3) is 0 Å². The second kappa shape index (κ2) is 4.77. The van der Waals surface area contributed by atoms with Gasteiger partial charge in [0, 0.05) is 7.11 Å². The Bertz CT molecular complexity index is 61.9. The second-order valence-electron chi connectivity index (χ2n) is 2.52. The van der Waals surface area contributed by atoms with Crippen molar-refractivity contribution in [2.45, 2.75) is 26.9 Å². The van der Waals surface area contributed by atoms with Crippen LogP contribution in [-0.2, 0) is 9.47 Å². The van der Waals surface area contributed by atoms with E-state index in [0.717, 1.165) is 0 Å². The Balaban J connectivity index is 3.16. The van der Waals surface area contributed by atoms with Crippen LogP contribution in [0.4, 0.5) is 0 Å². The van der Waals surface area contributed by atoms with E-state index in [0.29, 0.717) is 18.8 Å². The zero-order chi connectivity index (χ0) is 7.28. The summed E-state index contributed by atoms with van der Waals surface area (Å²) in [5.74, 6) is 0.570. The highest BCUT2D eigenvalue weighted by Gasteiger charge is 2.05. The van der Waals surface area contributed by atoms with Gasteiger partial charge in [0.25, 0.3) is 0 Å². The van der Waals surface area contributed by atoms with E-state index in [1.54, 1.807) is 7.11 Å². The summed E-state index contributed by atoms with van der Waals surface area (Å²) in [4.78, 5) is 0. The molecule has 9 heavy (non-hydrogen) atoms. The molecule has 0 unspecified atom stereocenters. The molecule has 0 N–H and O–H groups in total. The van der Waals surface area contributed by atoms with Crippen molar-refractivity contribution >= 4 is 0 Å². The van der Waals surface area contributed by atoms with Crippen molar-refractivity contribution in [3.05, 3.63) is 0 Å². The van der Waals surface area contributed by atoms with Crippen LogP contribution in [0.3, 0.4) is 0 Å². The Hall–Kier alpha value is -0.0800. The number of methoxy groups -OCH3 is 1. The molecule has 56 valence electrons. The predicted molar refractivity (Wildman–Crippen MR) is 37.3 cm³/mol. The number of hydrogen-bond donors (Lipinski definition) is 0. The quantitative estimate of drug-likeness (QED) is 0.541. The monoisotopic (exact) mass is 132 g/mol. The summed E-state index contributed by atoms with van der Waals surface area (Å²) in [7, 11) is 1.63. The van der Waals surface area contributed by atoms with E-state index < -0.39 is 0 Å². The standard InChI is InChI=1S/C7H16O2/c1-6(2)7(3)9-5-8-4/h6-7H,5H2,1-4H3/t7-/m0/s1. The topological polar surface area (TPSA) is 18.5 Å². The lowest BCUT2D eigenvalue weighted by Crippen LogP contribution is -2.16. The van der Waals surface area contributed by atoms with E-state index in [1.807, 2.05) is 6.92 Å². The third-order valence-electron chi connectivity index (χ3n) is 1.39. The average Bonchev–Trinajstić information content (AvgIpc) is 1.82. The molecule has 0 rings (SSSR count). The normalized spacial score (nSPS) is 14.3. The van der Waals surface area contributed by atoms with Crippen LogP contribution in [0.15, 0.2) is 0 Å². The van der Waals surface area contributed by atoms with Gasteiger partial charge in [0.2, 0.25) is 0 Å². The van der Waals surface area contributed by atoms with Gasteiger partial charge >= 0.3 is 0 Å². The molecule has 0 radical (unpaired) electrons. The van der Waals surface area contributed by atoms with E-state index in [4.69, 9.17) is 9.47 Å². The molecule has 0 saturated heterocycles. The highest BCUT2D eigenvalue weighted by molar-refractivity contribution is 4.52. The SMILES string of the molecule is COCO[C@@H](C)C(C)C. The summed E-state index contributed by atoms with van der Waals surface area (Å²) in [6, 6.07) is 0. The van der Waals surface area contributed by atoms with Gasteiger partial charge in [-0.05, 0) is 12.8 Å². The van der Waals surface area contributed by atoms with Gasteiger partial charge in [-0.1, -0.05) is 13.8 Å². The minimum absolute atomic E-state index is 0.296. The number of rotatable bonds is 4. The summed E-state index contributed by atoms with van der Waals surface area (Å²) in [5, 5.41) is 0. The lowest BCUT2D eigenvalue weighted by atomic mass is 10.1. The molecule has 0 spiro atoms. The van der Waals surface area contributed by atoms with Gasteiger partial charge in [-0.2, -0.15) is 0 Å². The highest BCUT2D eigenvalue weighted by Crippen LogP contribution is 2.03. The molecule has 0 aliphatic carbocycles. The number of ether oxygens (including phenoxy) is 2. The fourth-order valence-electron chi connectivity index (χ4n) is 0.368. The van der Waals surface area contributed by atoms with Crippen molar-refractivity contribution in [3.8, 4) is 0 Å². The molecule has 1 atom stereocenters. The van der Waals surface area contributed by atoms with E-state index in [1.165, 1.54) is 0 Å². The van der Waals surface area contributed by atoms with Crippen LogP contribution in [0.1, 0.15) is 20.8 Å². The molecule has 0 heterocycles. The summed E-state index contributed by atoms with van der Waals surface area (Å²) < 4.78 is 9.97. The highest BCUT2D eigenvalue weighted by atomic mass is 16.7. The van der Waals surface area contributed by atoms with Gasteiger partial charge < -0.3 is 9.47 Å². The molecule has 0 aromatic carbocycles. The van der Waals surface area contributed by atoms with Gasteiger partial charge in [0.1, 0.15) is 6.79 Å². The number of hydrogen-bond acceptors (Lipinski definition) is 2. The average molecular weight is 132 g/mol. The zero-order valence-corrected chi connectivity index (χ0v) is 6.68. The molecule has 2 nitrogen and oxygen atoms in total. The Kier molecular flexibility index (Phi) is 4.72. The molecule has 0 bridgehead atoms. The van der Waals surface area contributed by atoms with E-state index in [-0.39, 0.29) is 0 Å². The molecule has 0 fully saturated rings. The Morgan fingerprint density at radius 2 is 1.78 bits per heavy atom. The van der Waals surface area contributed by atoms with E-state index in [9.17, 15) is 0 Å². The van der Waals surface area contributed by atoms with Gasteiger partial charge in [0.15, 0.2) is 0 Å². The minimum atomic E-state index is 0.296. The van der Waals surface area contributed by atoms with Crippen molar-refractivity contribution in [1.29, 1.82) is 0 Å². The fraction of sp³-hybridized carbons (Fsp3) is 1.00. The zero-order valence-electron chi connectivity index (χ0n) is 6.68. The third-order valence-corrected chi connectivity index (χ3v) is 1.39. The van der Waals surface area contributed by atoms with Crippen LogP contribution in [0, 0.1) is 5.92 Å². The Labute approximate surface area is 57.2 Å². The molecule has 0 aliphatic heterocycles. The predicted octanol–water partition coefficient (Wildman–Crippen LogP) is 1.65. The smallest absolute Gasteiger partial charge is 0.146 e. The Morgan fingerprint density at radius 3 is 2.11 bits per heavy atom. The lowest BCUT2D eigenvalue weighted by molar-refractivity contribution is -0.0792. The minimum Gasteiger partial charge on any atom is -0.359 e. The molecular formula is C7H16O2. The molecule has 0 amide bonds. The van der Waals surface area contributed by atoms with Gasteiger partial charge in [-0.3, -0.25) is 0 Å². The molecule has 0 aliphatic rings. The summed E-state index contributed by atoms with van der Waals surface area (Å²) >= 11 is 0. The molecule has 0 aromatic heterocycles. The van der Waals surface area contributed by atoms with Crippen LogP contribution in [0.5, 0.6) is 0 Å². The van der Waals surface area contributed by atoms with Gasteiger partial charge in [-0.15, -0.1) is 0 Å². The molecular weight excluding hydrogens is 116 g/mol. The maximum atomic E-state index is 5.23. The van der Waals surface area contributed by atoms with Crippen LogP contribution in [-0.4, -0.2) is 20.0 Å². The summed E-state index contributed by atoms with van der Waals surface area (Å²) in [6.45, 7) is 6.70. The fourth-order valence-corrected chi connectivity index (χ4v) is 0.368. The first-order valence-electron chi connectivity index (χ1n) is 3.29. The first-order chi connectivity index (χ1) is 4.18. The van der Waals surface area contributed by atoms with Crippen molar-refractivity contribution in [1.82, 2.24) is 0 Å². The maximum Gasteiger partial charge on any atom is 0.146 e. The van der Waals surface area contributed by atoms with Crippen molar-refractivity contribution in [3.63, 3.8) is 0 Å². The maximum absolute atomic E-state index is 5.23. The van der Waals surface area contributed by atoms with Crippen molar-refractivity contribution < 1.29 is 9.47 Å².